The van der Waals surface area contributed by atoms with Crippen LogP contribution in [0, 0.1) is 22.6 Å². The van der Waals surface area contributed by atoms with Gasteiger partial charge in [0, 0.05) is 29.4 Å². The summed E-state index contributed by atoms with van der Waals surface area (Å²) in [5.41, 5.74) is -1.86. The van der Waals surface area contributed by atoms with Crippen molar-refractivity contribution in [3.05, 3.63) is 75.9 Å². The second kappa shape index (κ2) is 10.7. The number of aromatic nitrogens is 4. The zero-order chi connectivity index (χ0) is 31.3. The van der Waals surface area contributed by atoms with E-state index in [4.69, 9.17) is 11.6 Å². The number of alkyl halides is 3. The molecule has 3 N–H and O–H groups in total. The second-order valence-corrected chi connectivity index (χ2v) is 12.0. The molecule has 2 aromatic heterocycles. The number of hydrogen-bond donors (Lipinski definition) is 3. The van der Waals surface area contributed by atoms with Gasteiger partial charge in [0.05, 0.1) is 33.6 Å². The predicted molar refractivity (Wildman–Crippen MR) is 152 cm³/mol. The van der Waals surface area contributed by atoms with E-state index in [0.717, 1.165) is 16.9 Å². The van der Waals surface area contributed by atoms with Gasteiger partial charge >= 0.3 is 12.1 Å². The van der Waals surface area contributed by atoms with Gasteiger partial charge in [0.1, 0.15) is 23.6 Å². The van der Waals surface area contributed by atoms with Gasteiger partial charge in [0.25, 0.3) is 0 Å². The minimum Gasteiger partial charge on any atom is -0.478 e. The topological polar surface area (TPSA) is 129 Å². The Bertz CT molecular complexity index is 1770. The first-order valence-electron chi connectivity index (χ1n) is 13.2. The summed E-state index contributed by atoms with van der Waals surface area (Å²) >= 11 is 6.59. The molecule has 0 radical (unpaired) electrons. The van der Waals surface area contributed by atoms with Gasteiger partial charge < -0.3 is 15.7 Å². The third kappa shape index (κ3) is 5.67. The highest BCUT2D eigenvalue weighted by Gasteiger charge is 2.66. The number of nitriles is 1. The molecule has 1 saturated carbocycles. The van der Waals surface area contributed by atoms with Gasteiger partial charge in [-0.25, -0.2) is 13.9 Å². The molecule has 43 heavy (non-hydrogen) atoms. The zero-order valence-corrected chi connectivity index (χ0v) is 24.0. The summed E-state index contributed by atoms with van der Waals surface area (Å²) in [6, 6.07) is 7.65. The second-order valence-electron chi connectivity index (χ2n) is 11.6. The highest BCUT2D eigenvalue weighted by Crippen LogP contribution is 2.55. The number of rotatable bonds is 8. The minimum absolute atomic E-state index is 0.0804. The van der Waals surface area contributed by atoms with Crippen LogP contribution in [0.25, 0.3) is 10.9 Å². The fourth-order valence-corrected chi connectivity index (χ4v) is 5.03. The molecule has 0 aliphatic heterocycles. The van der Waals surface area contributed by atoms with Crippen LogP contribution < -0.4 is 10.6 Å². The average Bonchev–Trinajstić information content (AvgIpc) is 3.61. The van der Waals surface area contributed by atoms with E-state index in [1.165, 1.54) is 24.4 Å². The first-order valence-corrected chi connectivity index (χ1v) is 13.6. The lowest BCUT2D eigenvalue weighted by molar-refractivity contribution is -0.183. The number of carboxylic acids is 1. The SMILES string of the molecule is CC(C)(C)CNc1c(C#N)cnc2c(Cl)cc(N[C@H](c3cn(C4(C(F)(F)F)CC4)nn3)c3cccc(C(=O)O)c3F)cc12. The first-order chi connectivity index (χ1) is 20.1. The molecule has 2 heterocycles. The molecule has 5 rings (SSSR count). The number of nitrogens with one attached hydrogen (secondary N) is 2. The quantitative estimate of drug-likeness (QED) is 0.183. The smallest absolute Gasteiger partial charge is 0.413 e. The molecule has 0 spiro atoms. The van der Waals surface area contributed by atoms with E-state index in [-0.39, 0.29) is 45.8 Å². The molecule has 14 heteroatoms. The number of carbonyl (C=O) groups is 1. The number of nitrogens with zero attached hydrogens (tertiary/aromatic N) is 5. The molecular formula is C29H26ClF4N7O2. The normalized spacial score (nSPS) is 15.1. The molecule has 9 nitrogen and oxygen atoms in total. The fraction of sp³-hybridized carbons (Fsp3) is 0.345. The van der Waals surface area contributed by atoms with Gasteiger partial charge in [0.15, 0.2) is 5.54 Å². The lowest BCUT2D eigenvalue weighted by Gasteiger charge is -2.23. The first kappa shape index (κ1) is 30.0. The van der Waals surface area contributed by atoms with Crippen LogP contribution in [-0.2, 0) is 5.54 Å². The monoisotopic (exact) mass is 615 g/mol. The van der Waals surface area contributed by atoms with Gasteiger partial charge in [0.2, 0.25) is 0 Å². The van der Waals surface area contributed by atoms with E-state index in [1.54, 1.807) is 6.07 Å². The Labute approximate surface area is 248 Å². The Morgan fingerprint density at radius 1 is 1.26 bits per heavy atom. The van der Waals surface area contributed by atoms with E-state index < -0.39 is 35.1 Å². The molecule has 0 amide bonds. The van der Waals surface area contributed by atoms with E-state index >= 15 is 4.39 Å². The highest BCUT2D eigenvalue weighted by atomic mass is 35.5. The van der Waals surface area contributed by atoms with Crippen molar-refractivity contribution in [1.82, 2.24) is 20.0 Å². The van der Waals surface area contributed by atoms with Crippen molar-refractivity contribution in [3.8, 4) is 6.07 Å². The number of aromatic carboxylic acids is 1. The molecule has 0 saturated heterocycles. The van der Waals surface area contributed by atoms with Crippen LogP contribution in [0.1, 0.15) is 66.8 Å². The van der Waals surface area contributed by atoms with Crippen LogP contribution in [0.3, 0.4) is 0 Å². The van der Waals surface area contributed by atoms with Crippen molar-refractivity contribution < 1.29 is 27.5 Å². The molecular weight excluding hydrogens is 590 g/mol. The Balaban J connectivity index is 1.64. The van der Waals surface area contributed by atoms with Gasteiger partial charge in [-0.05, 0) is 36.5 Å². The van der Waals surface area contributed by atoms with Crippen LogP contribution in [0.5, 0.6) is 0 Å². The van der Waals surface area contributed by atoms with Crippen molar-refractivity contribution in [2.75, 3.05) is 17.2 Å². The van der Waals surface area contributed by atoms with Crippen molar-refractivity contribution in [1.29, 1.82) is 5.26 Å². The number of hydrogen-bond acceptors (Lipinski definition) is 7. The molecule has 2 aromatic carbocycles. The van der Waals surface area contributed by atoms with E-state index in [1.807, 2.05) is 20.8 Å². The van der Waals surface area contributed by atoms with Gasteiger partial charge in [-0.15, -0.1) is 5.10 Å². The van der Waals surface area contributed by atoms with Gasteiger partial charge in [-0.1, -0.05) is 49.7 Å². The number of pyridine rings is 1. The Kier molecular flexibility index (Phi) is 7.46. The number of carboxylic acid groups (broad SMARTS) is 1. The standard InChI is InChI=1S/C29H26ClF4N7O2/c1-27(2,3)14-37-23-15(11-35)12-36-24-19(23)9-16(10-20(24)30)38-25(17-5-4-6-18(22(17)31)26(42)43)21-13-41(40-39-21)28(7-8-28)29(32,33)34/h4-6,9-10,12-13,25,38H,7-8,14H2,1-3H3,(H,36,37)(H,42,43)/t25-/m0/s1. The average molecular weight is 616 g/mol. The lowest BCUT2D eigenvalue weighted by atomic mass is 9.96. The third-order valence-electron chi connectivity index (χ3n) is 7.22. The summed E-state index contributed by atoms with van der Waals surface area (Å²) in [6.07, 6.45) is -2.46. The highest BCUT2D eigenvalue weighted by molar-refractivity contribution is 6.35. The Morgan fingerprint density at radius 2 is 1.98 bits per heavy atom. The predicted octanol–water partition coefficient (Wildman–Crippen LogP) is 6.90. The maximum atomic E-state index is 15.6. The molecule has 0 unspecified atom stereocenters. The van der Waals surface area contributed by atoms with Crippen LogP contribution in [0.15, 0.2) is 42.7 Å². The van der Waals surface area contributed by atoms with Crippen molar-refractivity contribution in [2.45, 2.75) is 51.4 Å². The summed E-state index contributed by atoms with van der Waals surface area (Å²) in [5.74, 6) is -2.61. The summed E-state index contributed by atoms with van der Waals surface area (Å²) in [7, 11) is 0. The Hall–Kier alpha value is -4.44. The number of benzene rings is 2. The maximum absolute atomic E-state index is 15.6. The van der Waals surface area contributed by atoms with Crippen molar-refractivity contribution in [2.24, 2.45) is 5.41 Å². The summed E-state index contributed by atoms with van der Waals surface area (Å²) in [5, 5.41) is 33.9. The van der Waals surface area contributed by atoms with Gasteiger partial charge in [-0.2, -0.15) is 18.4 Å². The lowest BCUT2D eigenvalue weighted by Crippen LogP contribution is -2.35. The fourth-order valence-electron chi connectivity index (χ4n) is 4.77. The third-order valence-corrected chi connectivity index (χ3v) is 7.51. The van der Waals surface area contributed by atoms with Crippen LogP contribution in [0.2, 0.25) is 5.02 Å². The summed E-state index contributed by atoms with van der Waals surface area (Å²) in [4.78, 5) is 16.0. The number of fused-ring (bicyclic) bond motifs is 1. The molecule has 1 aliphatic rings. The number of anilines is 2. The van der Waals surface area contributed by atoms with E-state index in [9.17, 15) is 28.3 Å². The molecule has 1 aliphatic carbocycles. The van der Waals surface area contributed by atoms with E-state index in [2.05, 4.69) is 32.0 Å². The molecule has 1 atom stereocenters. The molecule has 4 aromatic rings. The zero-order valence-electron chi connectivity index (χ0n) is 23.2. The van der Waals surface area contributed by atoms with Crippen molar-refractivity contribution >= 4 is 39.8 Å². The molecule has 0 bridgehead atoms. The van der Waals surface area contributed by atoms with Crippen LogP contribution in [0.4, 0.5) is 28.9 Å². The Morgan fingerprint density at radius 3 is 2.58 bits per heavy atom. The van der Waals surface area contributed by atoms with Crippen LogP contribution in [-0.4, -0.2) is 43.8 Å². The summed E-state index contributed by atoms with van der Waals surface area (Å²) < 4.78 is 57.7. The largest absolute Gasteiger partial charge is 0.478 e. The van der Waals surface area contributed by atoms with Gasteiger partial charge in [-0.3, -0.25) is 4.98 Å². The molecule has 224 valence electrons. The summed E-state index contributed by atoms with van der Waals surface area (Å²) in [6.45, 7) is 6.53. The van der Waals surface area contributed by atoms with Crippen molar-refractivity contribution in [3.63, 3.8) is 0 Å². The van der Waals surface area contributed by atoms with Crippen LogP contribution >= 0.6 is 11.6 Å². The minimum atomic E-state index is -4.58. The van der Waals surface area contributed by atoms with E-state index in [0.29, 0.717) is 23.1 Å². The molecule has 1 fully saturated rings. The maximum Gasteiger partial charge on any atom is 0.413 e. The number of halogens is 5.